The Kier molecular flexibility index (Phi) is 5.29. The average Bonchev–Trinajstić information content (AvgIpc) is 3.09. The molecule has 0 bridgehead atoms. The summed E-state index contributed by atoms with van der Waals surface area (Å²) in [6, 6.07) is 6.12. The highest BCUT2D eigenvalue weighted by atomic mass is 32.1. The Morgan fingerprint density at radius 3 is 2.83 bits per heavy atom. The van der Waals surface area contributed by atoms with Crippen molar-refractivity contribution in [3.8, 4) is 0 Å². The monoisotopic (exact) mass is 427 g/mol. The van der Waals surface area contributed by atoms with Crippen LogP contribution in [0.2, 0.25) is 0 Å². The number of Topliss-reactive ketones (excluding diaryl/α,β-unsaturated/α-hetero) is 1. The predicted octanol–water partition coefficient (Wildman–Crippen LogP) is 4.24. The van der Waals surface area contributed by atoms with Crippen LogP contribution in [0.25, 0.3) is 15.7 Å². The Morgan fingerprint density at radius 2 is 2.14 bits per heavy atom. The second kappa shape index (κ2) is 7.49. The van der Waals surface area contributed by atoms with Gasteiger partial charge in [-0.3, -0.25) is 9.69 Å². The molecule has 1 N–H and O–H groups in total. The number of alkyl halides is 4. The van der Waals surface area contributed by atoms with Crippen molar-refractivity contribution in [2.24, 2.45) is 11.8 Å². The molecule has 156 valence electrons. The maximum Gasteiger partial charge on any atom is 0.420 e. The van der Waals surface area contributed by atoms with Gasteiger partial charge in [-0.15, -0.1) is 11.3 Å². The quantitative estimate of drug-likeness (QED) is 0.726. The lowest BCUT2D eigenvalue weighted by atomic mass is 9.78. The smallest absolute Gasteiger partial charge is 0.396 e. The molecule has 0 amide bonds. The summed E-state index contributed by atoms with van der Waals surface area (Å²) in [7, 11) is 1.90. The van der Waals surface area contributed by atoms with E-state index >= 15 is 0 Å². The van der Waals surface area contributed by atoms with Gasteiger partial charge in [0.05, 0.1) is 0 Å². The molecule has 4 unspecified atom stereocenters. The summed E-state index contributed by atoms with van der Waals surface area (Å²) in [5, 5.41) is 12.5. The molecule has 29 heavy (non-hydrogen) atoms. The number of nitrogens with zero attached hydrogens (tertiary/aromatic N) is 1. The third-order valence-corrected chi connectivity index (χ3v) is 6.99. The fraction of sp³-hybridized carbons (Fsp3) is 0.476. The molecule has 8 heteroatoms. The van der Waals surface area contributed by atoms with Gasteiger partial charge in [0.2, 0.25) is 6.17 Å². The Morgan fingerprint density at radius 1 is 1.38 bits per heavy atom. The van der Waals surface area contributed by atoms with Gasteiger partial charge in [-0.25, -0.2) is 4.39 Å². The van der Waals surface area contributed by atoms with Crippen molar-refractivity contribution in [1.29, 1.82) is 0 Å². The second-order valence-electron chi connectivity index (χ2n) is 7.88. The van der Waals surface area contributed by atoms with Crippen molar-refractivity contribution in [1.82, 2.24) is 4.90 Å². The minimum Gasteiger partial charge on any atom is -0.396 e. The van der Waals surface area contributed by atoms with E-state index in [1.165, 1.54) is 15.6 Å². The van der Waals surface area contributed by atoms with Crippen LogP contribution in [-0.2, 0) is 11.2 Å². The first kappa shape index (κ1) is 20.5. The number of hydrogen-bond acceptors (Lipinski definition) is 4. The van der Waals surface area contributed by atoms with Crippen molar-refractivity contribution in [2.45, 2.75) is 31.2 Å². The first-order valence-corrected chi connectivity index (χ1v) is 10.3. The van der Waals surface area contributed by atoms with E-state index in [9.17, 15) is 27.5 Å². The average molecular weight is 427 g/mol. The lowest BCUT2D eigenvalue weighted by molar-refractivity contribution is -0.198. The third kappa shape index (κ3) is 3.62. The number of ketones is 1. The first-order chi connectivity index (χ1) is 13.7. The summed E-state index contributed by atoms with van der Waals surface area (Å²) in [5.74, 6) is -2.88. The number of likely N-dealkylation sites (N-methyl/N-ethyl adjacent to an activating group) is 1. The van der Waals surface area contributed by atoms with E-state index < -0.39 is 43.0 Å². The van der Waals surface area contributed by atoms with Gasteiger partial charge in [-0.05, 0) is 41.6 Å². The van der Waals surface area contributed by atoms with E-state index in [1.54, 1.807) is 11.3 Å². The molecule has 4 rings (SSSR count). The molecule has 0 radical (unpaired) electrons. The molecule has 2 heterocycles. The lowest BCUT2D eigenvalue weighted by Crippen LogP contribution is -2.45. The number of thiophene rings is 1. The van der Waals surface area contributed by atoms with Crippen molar-refractivity contribution < 1.29 is 27.5 Å². The molecule has 1 aliphatic carbocycles. The van der Waals surface area contributed by atoms with Crippen LogP contribution < -0.4 is 0 Å². The van der Waals surface area contributed by atoms with Crippen LogP contribution in [0.15, 0.2) is 29.7 Å². The molecular weight excluding hydrogens is 406 g/mol. The zero-order valence-corrected chi connectivity index (χ0v) is 16.6. The van der Waals surface area contributed by atoms with Gasteiger partial charge in [-0.1, -0.05) is 18.2 Å². The number of halogens is 4. The normalized spacial score (nSPS) is 24.1. The molecule has 4 atom stereocenters. The summed E-state index contributed by atoms with van der Waals surface area (Å²) in [6.07, 6.45) is -6.28. The van der Waals surface area contributed by atoms with E-state index in [2.05, 4.69) is 5.38 Å². The van der Waals surface area contributed by atoms with Gasteiger partial charge in [0.15, 0.2) is 0 Å². The number of carbonyl (C=O) groups is 1. The maximum absolute atomic E-state index is 13.7. The summed E-state index contributed by atoms with van der Waals surface area (Å²) < 4.78 is 52.9. The maximum atomic E-state index is 13.7. The number of hydrogen-bond donors (Lipinski definition) is 1. The Bertz CT molecular complexity index is 967. The highest BCUT2D eigenvalue weighted by Crippen LogP contribution is 2.43. The van der Waals surface area contributed by atoms with Crippen molar-refractivity contribution >= 4 is 32.8 Å². The van der Waals surface area contributed by atoms with Gasteiger partial charge in [0, 0.05) is 47.5 Å². The number of aliphatic hydroxyl groups excluding tert-OH is 1. The van der Waals surface area contributed by atoms with Gasteiger partial charge in [0.25, 0.3) is 0 Å². The van der Waals surface area contributed by atoms with Crippen LogP contribution in [0, 0.1) is 11.8 Å². The summed E-state index contributed by atoms with van der Waals surface area (Å²) in [6.45, 7) is -0.657. The minimum atomic E-state index is -5.09. The van der Waals surface area contributed by atoms with Gasteiger partial charge < -0.3 is 5.11 Å². The van der Waals surface area contributed by atoms with E-state index in [0.717, 1.165) is 17.6 Å². The standard InChI is InChI=1S/C21H21F4NO2S/c1-26-8-11(17(28)7-12(9-27)20(22)21(23,24)25)5-15-14-3-2-4-18-19(14)13(10-29-18)6-16(15)26/h2-5,10-12,16,20,27H,6-9H2,1H3. The summed E-state index contributed by atoms with van der Waals surface area (Å²) in [4.78, 5) is 14.8. The minimum absolute atomic E-state index is 0.101. The van der Waals surface area contributed by atoms with Crippen LogP contribution in [-0.4, -0.2) is 54.4 Å². The Hall–Kier alpha value is -1.77. The van der Waals surface area contributed by atoms with Crippen LogP contribution in [0.1, 0.15) is 17.5 Å². The fourth-order valence-corrected chi connectivity index (χ4v) is 5.48. The van der Waals surface area contributed by atoms with Crippen molar-refractivity contribution in [2.75, 3.05) is 20.2 Å². The topological polar surface area (TPSA) is 40.5 Å². The number of aliphatic hydroxyl groups is 1. The molecule has 2 aromatic rings. The lowest BCUT2D eigenvalue weighted by Gasteiger charge is -2.39. The molecule has 1 aromatic heterocycles. The summed E-state index contributed by atoms with van der Waals surface area (Å²) >= 11 is 1.67. The van der Waals surface area contributed by atoms with E-state index in [0.29, 0.717) is 6.54 Å². The highest BCUT2D eigenvalue weighted by Gasteiger charge is 2.46. The van der Waals surface area contributed by atoms with Crippen LogP contribution in [0.4, 0.5) is 17.6 Å². The number of rotatable bonds is 5. The highest BCUT2D eigenvalue weighted by molar-refractivity contribution is 7.17. The Balaban J connectivity index is 1.63. The molecule has 0 fully saturated rings. The zero-order valence-electron chi connectivity index (χ0n) is 15.7. The van der Waals surface area contributed by atoms with E-state index in [1.807, 2.05) is 36.2 Å². The number of fused-ring (bicyclic) bond motifs is 2. The third-order valence-electron chi connectivity index (χ3n) is 5.99. The molecule has 0 saturated carbocycles. The van der Waals surface area contributed by atoms with Crippen LogP contribution >= 0.6 is 11.3 Å². The molecule has 3 nitrogen and oxygen atoms in total. The molecule has 0 saturated heterocycles. The van der Waals surface area contributed by atoms with Gasteiger partial charge in [-0.2, -0.15) is 13.2 Å². The fourth-order valence-electron chi connectivity index (χ4n) is 4.48. The number of carbonyl (C=O) groups excluding carboxylic acids is 1. The SMILES string of the molecule is CN1CC(C(=O)CC(CO)C(F)C(F)(F)F)C=C2c3cccc4scc(c34)CC21. The molecular formula is C21H21F4NO2S. The number of benzene rings is 1. The van der Waals surface area contributed by atoms with E-state index in [4.69, 9.17) is 0 Å². The molecule has 2 aliphatic rings. The van der Waals surface area contributed by atoms with Crippen molar-refractivity contribution in [3.63, 3.8) is 0 Å². The van der Waals surface area contributed by atoms with Crippen LogP contribution in [0.5, 0.6) is 0 Å². The van der Waals surface area contributed by atoms with Crippen LogP contribution in [0.3, 0.4) is 0 Å². The van der Waals surface area contributed by atoms with Gasteiger partial charge in [0.1, 0.15) is 5.78 Å². The predicted molar refractivity (Wildman–Crippen MR) is 105 cm³/mol. The zero-order chi connectivity index (χ0) is 20.9. The molecule has 0 spiro atoms. The summed E-state index contributed by atoms with van der Waals surface area (Å²) in [5.41, 5.74) is 3.32. The molecule has 1 aromatic carbocycles. The largest absolute Gasteiger partial charge is 0.420 e. The van der Waals surface area contributed by atoms with Crippen molar-refractivity contribution in [3.05, 3.63) is 40.8 Å². The first-order valence-electron chi connectivity index (χ1n) is 9.46. The van der Waals surface area contributed by atoms with Gasteiger partial charge >= 0.3 is 6.18 Å². The molecule has 1 aliphatic heterocycles. The van der Waals surface area contributed by atoms with E-state index in [-0.39, 0.29) is 6.04 Å². The second-order valence-corrected chi connectivity index (χ2v) is 8.80. The Labute approximate surface area is 169 Å².